The lowest BCUT2D eigenvalue weighted by Crippen LogP contribution is -2.54. The molecule has 1 amide bonds. The van der Waals surface area contributed by atoms with Crippen LogP contribution >= 0.6 is 24.0 Å². The number of nitrogens with one attached hydrogen (secondary N) is 1. The molecule has 0 unspecified atom stereocenters. The highest BCUT2D eigenvalue weighted by molar-refractivity contribution is 14.0. The van der Waals surface area contributed by atoms with E-state index in [1.54, 1.807) is 20.2 Å². The number of amides is 1. The van der Waals surface area contributed by atoms with Gasteiger partial charge in [0.05, 0.1) is 5.69 Å². The van der Waals surface area contributed by atoms with Gasteiger partial charge < -0.3 is 19.6 Å². The van der Waals surface area contributed by atoms with E-state index in [0.717, 1.165) is 12.8 Å². The van der Waals surface area contributed by atoms with Crippen molar-refractivity contribution in [2.24, 2.45) is 4.99 Å². The molecule has 3 rings (SSSR count). The fourth-order valence-electron chi connectivity index (χ4n) is 2.70. The summed E-state index contributed by atoms with van der Waals surface area (Å²) in [6.07, 6.45) is 3.55. The Hall–Kier alpha value is -1.41. The number of halogens is 1. The maximum absolute atomic E-state index is 12.5. The van der Waals surface area contributed by atoms with Crippen LogP contribution in [-0.2, 0) is 20.6 Å². The molecule has 2 fully saturated rings. The Morgan fingerprint density at radius 1 is 1.32 bits per heavy atom. The molecule has 2 aliphatic rings. The first-order valence-electron chi connectivity index (χ1n) is 8.98. The summed E-state index contributed by atoms with van der Waals surface area (Å²) in [5, 5.41) is 7.04. The summed E-state index contributed by atoms with van der Waals surface area (Å²) >= 11 is 0. The van der Waals surface area contributed by atoms with Crippen LogP contribution < -0.4 is 5.32 Å². The summed E-state index contributed by atoms with van der Waals surface area (Å²) in [5.41, 5.74) is 0.400. The maximum atomic E-state index is 12.5. The van der Waals surface area contributed by atoms with Gasteiger partial charge in [-0.15, -0.1) is 24.0 Å². The molecule has 0 bridgehead atoms. The summed E-state index contributed by atoms with van der Waals surface area (Å²) in [6.45, 7) is 1.85. The number of guanidine groups is 1. The molecule has 10 nitrogen and oxygen atoms in total. The summed E-state index contributed by atoms with van der Waals surface area (Å²) in [7, 11) is -0.0425. The first-order valence-corrected chi connectivity index (χ1v) is 10.6. The second-order valence-corrected chi connectivity index (χ2v) is 8.95. The van der Waals surface area contributed by atoms with Gasteiger partial charge in [0, 0.05) is 52.4 Å². The van der Waals surface area contributed by atoms with Gasteiger partial charge in [0.1, 0.15) is 18.6 Å². The Balaban J connectivity index is 0.00000280. The van der Waals surface area contributed by atoms with Gasteiger partial charge >= 0.3 is 0 Å². The molecule has 0 spiro atoms. The van der Waals surface area contributed by atoms with E-state index in [1.165, 1.54) is 15.5 Å². The van der Waals surface area contributed by atoms with Crippen LogP contribution in [0.3, 0.4) is 0 Å². The lowest BCUT2D eigenvalue weighted by Gasteiger charge is -2.36. The number of hydrogen-bond acceptors (Lipinski definition) is 6. The number of likely N-dealkylation sites (N-methyl/N-ethyl adjacent to an activating group) is 1. The molecule has 2 heterocycles. The molecule has 1 saturated heterocycles. The van der Waals surface area contributed by atoms with Crippen LogP contribution in [-0.4, -0.2) is 92.4 Å². The monoisotopic (exact) mass is 526 g/mol. The third kappa shape index (κ3) is 6.30. The van der Waals surface area contributed by atoms with Crippen LogP contribution in [0.2, 0.25) is 0 Å². The van der Waals surface area contributed by atoms with Crippen molar-refractivity contribution in [3.8, 4) is 0 Å². The molecule has 0 radical (unpaired) electrons. The summed E-state index contributed by atoms with van der Waals surface area (Å²) in [5.74, 6) is 0.447. The molecule has 28 heavy (non-hydrogen) atoms. The molecule has 1 aromatic heterocycles. The van der Waals surface area contributed by atoms with Gasteiger partial charge in [-0.3, -0.25) is 4.79 Å². The molecular weight excluding hydrogens is 499 g/mol. The number of carbonyl (C=O) groups excluding carboxylic acids is 1. The van der Waals surface area contributed by atoms with Crippen LogP contribution in [0.5, 0.6) is 0 Å². The average Bonchev–Trinajstić information content (AvgIpc) is 3.32. The van der Waals surface area contributed by atoms with Crippen LogP contribution in [0.4, 0.5) is 0 Å². The highest BCUT2D eigenvalue weighted by atomic mass is 127. The Labute approximate surface area is 182 Å². The second kappa shape index (κ2) is 9.87. The molecule has 158 valence electrons. The van der Waals surface area contributed by atoms with Crippen molar-refractivity contribution in [3.63, 3.8) is 0 Å². The Bertz CT molecular complexity index is 771. The number of hydrogen-bond donors (Lipinski definition) is 1. The largest absolute Gasteiger partial charge is 0.364 e. The van der Waals surface area contributed by atoms with Gasteiger partial charge in [0.2, 0.25) is 15.9 Å². The van der Waals surface area contributed by atoms with E-state index in [0.29, 0.717) is 43.9 Å². The molecule has 0 aromatic carbocycles. The Kier molecular flexibility index (Phi) is 8.07. The Morgan fingerprint density at radius 2 is 2.00 bits per heavy atom. The van der Waals surface area contributed by atoms with Crippen LogP contribution in [0.15, 0.2) is 21.8 Å². The zero-order valence-corrected chi connectivity index (χ0v) is 19.2. The third-order valence-electron chi connectivity index (χ3n) is 4.53. The second-order valence-electron chi connectivity index (χ2n) is 6.98. The van der Waals surface area contributed by atoms with Crippen molar-refractivity contribution in [1.82, 2.24) is 24.6 Å². The number of rotatable bonds is 6. The van der Waals surface area contributed by atoms with Gasteiger partial charge in [0.15, 0.2) is 5.96 Å². The molecular formula is C16H27IN6O4S. The van der Waals surface area contributed by atoms with E-state index in [-0.39, 0.29) is 42.2 Å². The van der Waals surface area contributed by atoms with E-state index in [1.807, 2.05) is 4.90 Å². The van der Waals surface area contributed by atoms with Crippen molar-refractivity contribution in [2.45, 2.75) is 24.6 Å². The predicted molar refractivity (Wildman–Crippen MR) is 115 cm³/mol. The van der Waals surface area contributed by atoms with E-state index >= 15 is 0 Å². The van der Waals surface area contributed by atoms with Crippen molar-refractivity contribution in [2.75, 3.05) is 46.8 Å². The quantitative estimate of drug-likeness (QED) is 0.314. The number of piperazine rings is 1. The first-order chi connectivity index (χ1) is 12.8. The predicted octanol–water partition coefficient (Wildman–Crippen LogP) is -0.0638. The molecule has 12 heteroatoms. The first kappa shape index (κ1) is 22.9. The normalized spacial score (nSPS) is 18.5. The van der Waals surface area contributed by atoms with E-state index in [2.05, 4.69) is 15.5 Å². The van der Waals surface area contributed by atoms with Gasteiger partial charge in [0.25, 0.3) is 0 Å². The number of carbonyl (C=O) groups is 1. The third-order valence-corrected chi connectivity index (χ3v) is 6.34. The average molecular weight is 526 g/mol. The number of sulfonamides is 1. The molecule has 1 aromatic rings. The highest BCUT2D eigenvalue weighted by Gasteiger charge is 2.31. The van der Waals surface area contributed by atoms with Crippen molar-refractivity contribution in [3.05, 3.63) is 18.0 Å². The fourth-order valence-corrected chi connectivity index (χ4v) is 4.12. The lowest BCUT2D eigenvalue weighted by molar-refractivity contribution is -0.127. The van der Waals surface area contributed by atoms with Crippen LogP contribution in [0.1, 0.15) is 18.5 Å². The van der Waals surface area contributed by atoms with Crippen molar-refractivity contribution >= 4 is 45.9 Å². The minimum Gasteiger partial charge on any atom is -0.364 e. The molecule has 0 atom stereocenters. The summed E-state index contributed by atoms with van der Waals surface area (Å²) in [6, 6.07) is 1.95. The Morgan fingerprint density at radius 3 is 2.54 bits per heavy atom. The fraction of sp³-hybridized carbons (Fsp3) is 0.688. The van der Waals surface area contributed by atoms with E-state index in [9.17, 15) is 13.2 Å². The number of aliphatic imine (C=N–C) groups is 1. The molecule has 1 aliphatic heterocycles. The zero-order chi connectivity index (χ0) is 19.4. The minimum atomic E-state index is -3.44. The lowest BCUT2D eigenvalue weighted by atomic mass is 10.4. The van der Waals surface area contributed by atoms with Gasteiger partial charge in [-0.1, -0.05) is 5.16 Å². The van der Waals surface area contributed by atoms with E-state index in [4.69, 9.17) is 4.52 Å². The number of nitrogens with zero attached hydrogens (tertiary/aromatic N) is 5. The van der Waals surface area contributed by atoms with Crippen molar-refractivity contribution in [1.29, 1.82) is 0 Å². The van der Waals surface area contributed by atoms with Gasteiger partial charge in [-0.2, -0.15) is 4.31 Å². The minimum absolute atomic E-state index is 0. The van der Waals surface area contributed by atoms with Crippen LogP contribution in [0.25, 0.3) is 0 Å². The highest BCUT2D eigenvalue weighted by Crippen LogP contribution is 2.20. The smallest absolute Gasteiger partial charge is 0.243 e. The maximum Gasteiger partial charge on any atom is 0.243 e. The zero-order valence-electron chi connectivity index (χ0n) is 16.1. The summed E-state index contributed by atoms with van der Waals surface area (Å²) in [4.78, 5) is 19.8. The van der Waals surface area contributed by atoms with Crippen molar-refractivity contribution < 1.29 is 17.7 Å². The van der Waals surface area contributed by atoms with E-state index < -0.39 is 10.0 Å². The molecule has 1 saturated carbocycles. The molecule has 1 aliphatic carbocycles. The summed E-state index contributed by atoms with van der Waals surface area (Å²) < 4.78 is 31.2. The molecule has 1 N–H and O–H groups in total. The van der Waals surface area contributed by atoms with Gasteiger partial charge in [-0.05, 0) is 12.8 Å². The number of aromatic nitrogens is 1. The standard InChI is InChI=1S/C16H26N6O4S.HI/c1-20(2)15(23)11-17-16(18-13-3-4-13)21-6-8-22(9-7-21)27(24,25)12-14-5-10-26-19-14;/h5,10,13H,3-4,6-9,11-12H2,1-2H3,(H,17,18);1H. The van der Waals surface area contributed by atoms with Crippen LogP contribution in [0, 0.1) is 0 Å². The van der Waals surface area contributed by atoms with Gasteiger partial charge in [-0.25, -0.2) is 13.4 Å². The SMILES string of the molecule is CN(C)C(=O)CN=C(NC1CC1)N1CCN(S(=O)(=O)Cc2ccon2)CC1.I. The topological polar surface area (TPSA) is 111 Å².